The van der Waals surface area contributed by atoms with Crippen LogP contribution in [0.1, 0.15) is 12.8 Å². The molecule has 5 nitrogen and oxygen atoms in total. The molecule has 1 rings (SSSR count). The Hall–Kier alpha value is -1.56. The van der Waals surface area contributed by atoms with Gasteiger partial charge in [-0.3, -0.25) is 4.79 Å². The maximum atomic E-state index is 11.5. The van der Waals surface area contributed by atoms with Gasteiger partial charge in [-0.15, -0.1) is 0 Å². The largest absolute Gasteiger partial charge is 0.384 e. The lowest BCUT2D eigenvalue weighted by molar-refractivity contribution is -0.118. The molecule has 3 N–H and O–H groups in total. The number of primary amides is 1. The Balaban J connectivity index is 2.68. The highest BCUT2D eigenvalue weighted by molar-refractivity contribution is 7.90. The number of benzene rings is 1. The van der Waals surface area contributed by atoms with Gasteiger partial charge in [0.05, 0.1) is 10.6 Å². The molecule has 0 saturated carbocycles. The van der Waals surface area contributed by atoms with Crippen molar-refractivity contribution in [3.05, 3.63) is 24.3 Å². The molecule has 0 spiro atoms. The van der Waals surface area contributed by atoms with Crippen molar-refractivity contribution in [1.29, 1.82) is 0 Å². The number of hydrogen-bond donors (Lipinski definition) is 2. The van der Waals surface area contributed by atoms with E-state index in [0.717, 1.165) is 6.26 Å². The van der Waals surface area contributed by atoms with Gasteiger partial charge in [0, 0.05) is 19.2 Å². The van der Waals surface area contributed by atoms with Gasteiger partial charge in [-0.05, 0) is 18.6 Å². The van der Waals surface area contributed by atoms with Gasteiger partial charge in [0.15, 0.2) is 9.84 Å². The third-order valence-electron chi connectivity index (χ3n) is 2.20. The monoisotopic (exact) mass is 256 g/mol. The standard InChI is InChI=1S/C11H16N2O3S/c1-17(15,16)10-6-3-2-5-9(10)13-8-4-7-11(12)14/h2-3,5-6,13H,4,7-8H2,1H3,(H2,12,14). The Bertz CT molecular complexity index is 497. The molecule has 1 aromatic carbocycles. The molecular formula is C11H16N2O3S. The molecule has 0 heterocycles. The first-order chi connectivity index (χ1) is 7.91. The van der Waals surface area contributed by atoms with Crippen molar-refractivity contribution in [2.45, 2.75) is 17.7 Å². The molecule has 0 unspecified atom stereocenters. The van der Waals surface area contributed by atoms with Crippen LogP contribution in [0, 0.1) is 0 Å². The van der Waals surface area contributed by atoms with Gasteiger partial charge in [0.1, 0.15) is 0 Å². The average molecular weight is 256 g/mol. The summed E-state index contributed by atoms with van der Waals surface area (Å²) in [7, 11) is -3.24. The van der Waals surface area contributed by atoms with Crippen LogP contribution in [0.2, 0.25) is 0 Å². The molecule has 94 valence electrons. The predicted octanol–water partition coefficient (Wildman–Crippen LogP) is 0.768. The van der Waals surface area contributed by atoms with Gasteiger partial charge < -0.3 is 11.1 Å². The molecule has 0 fully saturated rings. The number of hydrogen-bond acceptors (Lipinski definition) is 4. The molecule has 1 amide bonds. The van der Waals surface area contributed by atoms with E-state index in [9.17, 15) is 13.2 Å². The summed E-state index contributed by atoms with van der Waals surface area (Å²) in [6.07, 6.45) is 2.03. The lowest BCUT2D eigenvalue weighted by atomic mass is 10.2. The Kier molecular flexibility index (Phi) is 4.51. The Morgan fingerprint density at radius 2 is 2.00 bits per heavy atom. The second kappa shape index (κ2) is 5.67. The van der Waals surface area contributed by atoms with E-state index in [0.29, 0.717) is 18.7 Å². The molecule has 0 bridgehead atoms. The van der Waals surface area contributed by atoms with Crippen LogP contribution in [0.15, 0.2) is 29.2 Å². The van der Waals surface area contributed by atoms with E-state index < -0.39 is 9.84 Å². The van der Waals surface area contributed by atoms with Crippen LogP contribution in [0.4, 0.5) is 5.69 Å². The topological polar surface area (TPSA) is 89.3 Å². The number of amides is 1. The zero-order chi connectivity index (χ0) is 12.9. The third-order valence-corrected chi connectivity index (χ3v) is 3.36. The summed E-state index contributed by atoms with van der Waals surface area (Å²) >= 11 is 0. The fourth-order valence-electron chi connectivity index (χ4n) is 1.42. The van der Waals surface area contributed by atoms with Crippen molar-refractivity contribution < 1.29 is 13.2 Å². The molecule has 0 aliphatic rings. The first-order valence-electron chi connectivity index (χ1n) is 5.22. The second-order valence-corrected chi connectivity index (χ2v) is 5.75. The summed E-state index contributed by atoms with van der Waals surface area (Å²) in [5.41, 5.74) is 5.56. The van der Waals surface area contributed by atoms with E-state index in [1.807, 2.05) is 0 Å². The van der Waals surface area contributed by atoms with Crippen LogP contribution in [-0.2, 0) is 14.6 Å². The number of anilines is 1. The third kappa shape index (κ3) is 4.44. The van der Waals surface area contributed by atoms with E-state index >= 15 is 0 Å². The highest BCUT2D eigenvalue weighted by atomic mass is 32.2. The summed E-state index contributed by atoms with van der Waals surface area (Å²) < 4.78 is 23.0. The van der Waals surface area contributed by atoms with Crippen LogP contribution >= 0.6 is 0 Å². The lowest BCUT2D eigenvalue weighted by Gasteiger charge is -2.09. The number of nitrogens with one attached hydrogen (secondary N) is 1. The second-order valence-electron chi connectivity index (χ2n) is 3.76. The molecule has 0 aromatic heterocycles. The minimum Gasteiger partial charge on any atom is -0.384 e. The van der Waals surface area contributed by atoms with E-state index in [2.05, 4.69) is 5.32 Å². The number of rotatable bonds is 6. The summed E-state index contributed by atoms with van der Waals surface area (Å²) in [6, 6.07) is 6.67. The first-order valence-corrected chi connectivity index (χ1v) is 7.11. The van der Waals surface area contributed by atoms with Crippen molar-refractivity contribution in [2.75, 3.05) is 18.1 Å². The van der Waals surface area contributed by atoms with Crippen LogP contribution in [-0.4, -0.2) is 27.1 Å². The Morgan fingerprint density at radius 1 is 1.35 bits per heavy atom. The number of carbonyl (C=O) groups is 1. The molecule has 1 aromatic rings. The number of sulfone groups is 1. The summed E-state index contributed by atoms with van der Waals surface area (Å²) in [5.74, 6) is -0.358. The lowest BCUT2D eigenvalue weighted by Crippen LogP contribution is -2.13. The Morgan fingerprint density at radius 3 is 2.59 bits per heavy atom. The van der Waals surface area contributed by atoms with Crippen LogP contribution in [0.5, 0.6) is 0 Å². The van der Waals surface area contributed by atoms with E-state index in [1.165, 1.54) is 0 Å². The van der Waals surface area contributed by atoms with Gasteiger partial charge >= 0.3 is 0 Å². The van der Waals surface area contributed by atoms with Gasteiger partial charge in [-0.25, -0.2) is 8.42 Å². The number of nitrogens with two attached hydrogens (primary N) is 1. The number of carbonyl (C=O) groups excluding carboxylic acids is 1. The normalized spacial score (nSPS) is 11.1. The van der Waals surface area contributed by atoms with Crippen LogP contribution in [0.25, 0.3) is 0 Å². The number of para-hydroxylation sites is 1. The predicted molar refractivity (Wildman–Crippen MR) is 66.5 cm³/mol. The van der Waals surface area contributed by atoms with Crippen molar-refractivity contribution in [2.24, 2.45) is 5.73 Å². The minimum atomic E-state index is -3.24. The average Bonchev–Trinajstić information content (AvgIpc) is 2.23. The highest BCUT2D eigenvalue weighted by Crippen LogP contribution is 2.20. The molecule has 0 aliphatic heterocycles. The molecule has 0 aliphatic carbocycles. The zero-order valence-corrected chi connectivity index (χ0v) is 10.5. The molecule has 0 saturated heterocycles. The van der Waals surface area contributed by atoms with E-state index in [4.69, 9.17) is 5.73 Å². The van der Waals surface area contributed by atoms with Gasteiger partial charge in [-0.1, -0.05) is 12.1 Å². The zero-order valence-electron chi connectivity index (χ0n) is 9.64. The SMILES string of the molecule is CS(=O)(=O)c1ccccc1NCCCC(N)=O. The van der Waals surface area contributed by atoms with Crippen LogP contribution < -0.4 is 11.1 Å². The van der Waals surface area contributed by atoms with Crippen molar-refractivity contribution in [3.8, 4) is 0 Å². The maximum Gasteiger partial charge on any atom is 0.217 e. The van der Waals surface area contributed by atoms with Crippen molar-refractivity contribution in [3.63, 3.8) is 0 Å². The summed E-state index contributed by atoms with van der Waals surface area (Å²) in [4.78, 5) is 10.8. The molecule has 0 atom stereocenters. The maximum absolute atomic E-state index is 11.5. The molecule has 17 heavy (non-hydrogen) atoms. The molecule has 0 radical (unpaired) electrons. The Labute approximate surface area is 101 Å². The smallest absolute Gasteiger partial charge is 0.217 e. The van der Waals surface area contributed by atoms with Crippen LogP contribution in [0.3, 0.4) is 0 Å². The summed E-state index contributed by atoms with van der Waals surface area (Å²) in [6.45, 7) is 0.509. The van der Waals surface area contributed by atoms with Gasteiger partial charge in [-0.2, -0.15) is 0 Å². The van der Waals surface area contributed by atoms with E-state index in [1.54, 1.807) is 24.3 Å². The quantitative estimate of drug-likeness (QED) is 0.736. The van der Waals surface area contributed by atoms with Crippen molar-refractivity contribution in [1.82, 2.24) is 0 Å². The summed E-state index contributed by atoms with van der Waals surface area (Å²) in [5, 5.41) is 2.99. The van der Waals surface area contributed by atoms with Gasteiger partial charge in [0.2, 0.25) is 5.91 Å². The first kappa shape index (κ1) is 13.5. The highest BCUT2D eigenvalue weighted by Gasteiger charge is 2.11. The molecular weight excluding hydrogens is 240 g/mol. The molecule has 6 heteroatoms. The minimum absolute atomic E-state index is 0.263. The fourth-order valence-corrected chi connectivity index (χ4v) is 2.29. The fraction of sp³-hybridized carbons (Fsp3) is 0.364. The van der Waals surface area contributed by atoms with Gasteiger partial charge in [0.25, 0.3) is 0 Å². The van der Waals surface area contributed by atoms with Crippen molar-refractivity contribution >= 4 is 21.4 Å². The van der Waals surface area contributed by atoms with E-state index in [-0.39, 0.29) is 17.2 Å².